The van der Waals surface area contributed by atoms with E-state index >= 15 is 0 Å². The normalized spacial score (nSPS) is 14.5. The van der Waals surface area contributed by atoms with E-state index in [4.69, 9.17) is 4.74 Å². The Hall–Kier alpha value is -3.74. The molecule has 1 aromatic carbocycles. The number of hydrogen-bond acceptors (Lipinski definition) is 5. The molecule has 2 heterocycles. The number of aromatic amines is 1. The fourth-order valence-electron chi connectivity index (χ4n) is 3.82. The number of amides is 1. The number of nitrogens with zero attached hydrogens (tertiary/aromatic N) is 1. The summed E-state index contributed by atoms with van der Waals surface area (Å²) in [6.45, 7) is 4.59. The molecule has 0 unspecified atom stereocenters. The molecule has 2 N–H and O–H groups in total. The second-order valence-corrected chi connectivity index (χ2v) is 8.78. The summed E-state index contributed by atoms with van der Waals surface area (Å²) in [6, 6.07) is 14.4. The maximum absolute atomic E-state index is 12.6. The highest BCUT2D eigenvalue weighted by atomic mass is 16.5. The summed E-state index contributed by atoms with van der Waals surface area (Å²) in [7, 11) is 0. The van der Waals surface area contributed by atoms with Crippen LogP contribution in [0.5, 0.6) is 5.75 Å². The van der Waals surface area contributed by atoms with Crippen molar-refractivity contribution in [1.29, 1.82) is 0 Å². The minimum Gasteiger partial charge on any atom is -0.487 e. The molecule has 0 saturated carbocycles. The van der Waals surface area contributed by atoms with Gasteiger partial charge in [-0.05, 0) is 47.7 Å². The van der Waals surface area contributed by atoms with E-state index in [0.717, 1.165) is 11.3 Å². The van der Waals surface area contributed by atoms with E-state index < -0.39 is 11.5 Å². The standard InChI is InChI=1S/C25H25N3O4/c1-25(2)12-21-19(22(29)13-25)11-20(24(31)28-21)23(30)27-14-16-6-8-18(9-7-16)32-15-17-5-3-4-10-26-17/h3-11H,12-15H2,1-2H3,(H,27,30)(H,28,31). The lowest BCUT2D eigenvalue weighted by atomic mass is 9.75. The average Bonchev–Trinajstić information content (AvgIpc) is 2.76. The van der Waals surface area contributed by atoms with Gasteiger partial charge >= 0.3 is 0 Å². The Bertz CT molecular complexity index is 1200. The lowest BCUT2D eigenvalue weighted by molar-refractivity contribution is 0.0910. The van der Waals surface area contributed by atoms with Crippen LogP contribution in [0.1, 0.15) is 57.9 Å². The Morgan fingerprint density at radius 1 is 1.12 bits per heavy atom. The van der Waals surface area contributed by atoms with Crippen molar-refractivity contribution in [3.8, 4) is 5.75 Å². The summed E-state index contributed by atoms with van der Waals surface area (Å²) >= 11 is 0. The van der Waals surface area contributed by atoms with Crippen LogP contribution in [-0.2, 0) is 19.6 Å². The fraction of sp³-hybridized carbons (Fsp3) is 0.280. The lowest BCUT2D eigenvalue weighted by Crippen LogP contribution is -2.34. The van der Waals surface area contributed by atoms with Gasteiger partial charge in [-0.15, -0.1) is 0 Å². The number of nitrogens with one attached hydrogen (secondary N) is 2. The third-order valence-corrected chi connectivity index (χ3v) is 5.45. The number of pyridine rings is 2. The minimum absolute atomic E-state index is 0.0490. The summed E-state index contributed by atoms with van der Waals surface area (Å²) in [5, 5.41) is 2.75. The maximum Gasteiger partial charge on any atom is 0.261 e. The summed E-state index contributed by atoms with van der Waals surface area (Å²) in [4.78, 5) is 44.5. The molecular weight excluding hydrogens is 406 g/mol. The Morgan fingerprint density at radius 2 is 1.91 bits per heavy atom. The Morgan fingerprint density at radius 3 is 2.62 bits per heavy atom. The van der Waals surface area contributed by atoms with Crippen molar-refractivity contribution in [2.24, 2.45) is 5.41 Å². The molecule has 1 aliphatic rings. The largest absolute Gasteiger partial charge is 0.487 e. The van der Waals surface area contributed by atoms with E-state index in [-0.39, 0.29) is 23.3 Å². The summed E-state index contributed by atoms with van der Waals surface area (Å²) < 4.78 is 5.71. The molecule has 164 valence electrons. The van der Waals surface area contributed by atoms with E-state index in [1.54, 1.807) is 6.20 Å². The monoisotopic (exact) mass is 431 g/mol. The van der Waals surface area contributed by atoms with Crippen molar-refractivity contribution >= 4 is 11.7 Å². The first-order valence-corrected chi connectivity index (χ1v) is 10.5. The van der Waals surface area contributed by atoms with Crippen molar-refractivity contribution in [3.05, 3.63) is 93.2 Å². The number of aromatic nitrogens is 2. The van der Waals surface area contributed by atoms with Crippen LogP contribution >= 0.6 is 0 Å². The van der Waals surface area contributed by atoms with Crippen LogP contribution in [0.25, 0.3) is 0 Å². The van der Waals surface area contributed by atoms with Crippen LogP contribution in [0.15, 0.2) is 59.5 Å². The van der Waals surface area contributed by atoms with E-state index in [1.165, 1.54) is 6.07 Å². The quantitative estimate of drug-likeness (QED) is 0.623. The van der Waals surface area contributed by atoms with Crippen LogP contribution in [-0.4, -0.2) is 21.7 Å². The van der Waals surface area contributed by atoms with Crippen molar-refractivity contribution in [3.63, 3.8) is 0 Å². The van der Waals surface area contributed by atoms with Crippen LogP contribution in [0.3, 0.4) is 0 Å². The van der Waals surface area contributed by atoms with Gasteiger partial charge < -0.3 is 15.0 Å². The molecule has 0 atom stereocenters. The smallest absolute Gasteiger partial charge is 0.261 e. The van der Waals surface area contributed by atoms with Gasteiger partial charge in [-0.3, -0.25) is 19.4 Å². The highest BCUT2D eigenvalue weighted by Crippen LogP contribution is 2.33. The fourth-order valence-corrected chi connectivity index (χ4v) is 3.82. The van der Waals surface area contributed by atoms with Gasteiger partial charge in [-0.2, -0.15) is 0 Å². The zero-order valence-corrected chi connectivity index (χ0v) is 18.1. The van der Waals surface area contributed by atoms with Gasteiger partial charge in [-0.1, -0.05) is 32.0 Å². The molecule has 0 fully saturated rings. The molecule has 0 aliphatic heterocycles. The topological polar surface area (TPSA) is 101 Å². The van der Waals surface area contributed by atoms with Gasteiger partial charge in [0.1, 0.15) is 17.9 Å². The highest BCUT2D eigenvalue weighted by molar-refractivity contribution is 6.02. The molecule has 7 nitrogen and oxygen atoms in total. The second kappa shape index (κ2) is 8.78. The summed E-state index contributed by atoms with van der Waals surface area (Å²) in [5.41, 5.74) is 2.00. The molecule has 0 radical (unpaired) electrons. The van der Waals surface area contributed by atoms with Gasteiger partial charge in [0.05, 0.1) is 5.69 Å². The molecule has 0 saturated heterocycles. The minimum atomic E-state index is -0.512. The number of rotatable bonds is 6. The number of carbonyl (C=O) groups excluding carboxylic acids is 2. The molecule has 1 aliphatic carbocycles. The molecular formula is C25H25N3O4. The van der Waals surface area contributed by atoms with Gasteiger partial charge in [-0.25, -0.2) is 0 Å². The van der Waals surface area contributed by atoms with Gasteiger partial charge in [0, 0.05) is 30.4 Å². The first-order chi connectivity index (χ1) is 15.3. The van der Waals surface area contributed by atoms with Crippen LogP contribution < -0.4 is 15.6 Å². The molecule has 32 heavy (non-hydrogen) atoms. The molecule has 2 aromatic heterocycles. The zero-order valence-electron chi connectivity index (χ0n) is 18.1. The van der Waals surface area contributed by atoms with E-state index in [9.17, 15) is 14.4 Å². The van der Waals surface area contributed by atoms with Gasteiger partial charge in [0.2, 0.25) is 0 Å². The molecule has 3 aromatic rings. The first-order valence-electron chi connectivity index (χ1n) is 10.5. The average molecular weight is 431 g/mol. The predicted octanol–water partition coefficient (Wildman–Crippen LogP) is 3.43. The third-order valence-electron chi connectivity index (χ3n) is 5.45. The molecule has 7 heteroatoms. The van der Waals surface area contributed by atoms with Crippen LogP contribution in [0.2, 0.25) is 0 Å². The van der Waals surface area contributed by atoms with Crippen LogP contribution in [0, 0.1) is 5.41 Å². The summed E-state index contributed by atoms with van der Waals surface area (Å²) in [6.07, 6.45) is 2.70. The number of hydrogen-bond donors (Lipinski definition) is 2. The summed E-state index contributed by atoms with van der Waals surface area (Å²) in [5.74, 6) is 0.128. The molecule has 0 spiro atoms. The molecule has 0 bridgehead atoms. The van der Waals surface area contributed by atoms with Crippen LogP contribution in [0.4, 0.5) is 0 Å². The second-order valence-electron chi connectivity index (χ2n) is 8.78. The number of fused-ring (bicyclic) bond motifs is 1. The number of ether oxygens (including phenoxy) is 1. The number of H-pyrrole nitrogens is 1. The number of carbonyl (C=O) groups is 2. The zero-order chi connectivity index (χ0) is 22.7. The predicted molar refractivity (Wildman–Crippen MR) is 120 cm³/mol. The van der Waals surface area contributed by atoms with Crippen molar-refractivity contribution < 1.29 is 14.3 Å². The highest BCUT2D eigenvalue weighted by Gasteiger charge is 2.32. The van der Waals surface area contributed by atoms with E-state index in [1.807, 2.05) is 56.3 Å². The Labute approximate surface area is 185 Å². The van der Waals surface area contributed by atoms with Gasteiger partial charge in [0.15, 0.2) is 5.78 Å². The third kappa shape index (κ3) is 4.94. The van der Waals surface area contributed by atoms with Crippen molar-refractivity contribution in [2.75, 3.05) is 0 Å². The number of ketones is 1. The molecule has 4 rings (SSSR count). The van der Waals surface area contributed by atoms with Crippen molar-refractivity contribution in [1.82, 2.24) is 15.3 Å². The lowest BCUT2D eigenvalue weighted by Gasteiger charge is -2.29. The number of benzene rings is 1. The van der Waals surface area contributed by atoms with Crippen molar-refractivity contribution in [2.45, 2.75) is 39.8 Å². The van der Waals surface area contributed by atoms with E-state index in [2.05, 4.69) is 15.3 Å². The number of Topliss-reactive ketones (excluding diaryl/α,β-unsaturated/α-hetero) is 1. The maximum atomic E-state index is 12.6. The van der Waals surface area contributed by atoms with Gasteiger partial charge in [0.25, 0.3) is 11.5 Å². The Balaban J connectivity index is 1.38. The van der Waals surface area contributed by atoms with E-state index in [0.29, 0.717) is 36.5 Å². The first kappa shape index (κ1) is 21.5. The Kier molecular flexibility index (Phi) is 5.90. The molecule has 1 amide bonds. The SMILES string of the molecule is CC1(C)CC(=O)c2cc(C(=O)NCc3ccc(OCc4ccccn4)cc3)c(=O)[nH]c2C1.